The largest absolute Gasteiger partial charge is 0.299 e. The Morgan fingerprint density at radius 3 is 3.08 bits per heavy atom. The van der Waals surface area contributed by atoms with Crippen LogP contribution in [0, 0.1) is 23.2 Å². The van der Waals surface area contributed by atoms with Crippen LogP contribution in [0.15, 0.2) is 12.2 Å². The predicted molar refractivity (Wildman–Crippen MR) is 50.9 cm³/mol. The quantitative estimate of drug-likeness (QED) is 0.621. The van der Waals surface area contributed by atoms with Gasteiger partial charge in [-0.05, 0) is 12.8 Å². The smallest absolute Gasteiger partial charge is 0.141 e. The Labute approximate surface area is 79.2 Å². The van der Waals surface area contributed by atoms with E-state index in [4.69, 9.17) is 5.26 Å². The Hall–Kier alpha value is -1.10. The molecule has 1 fully saturated rings. The fourth-order valence-corrected chi connectivity index (χ4v) is 1.66. The molecule has 1 aliphatic rings. The maximum absolute atomic E-state index is 11.3. The monoisotopic (exact) mass is 177 g/mol. The average Bonchev–Trinajstić information content (AvgIpc) is 2.48. The number of unbranched alkanes of at least 4 members (excludes halogenated alkanes) is 1. The first-order valence-corrected chi connectivity index (χ1v) is 4.88. The molecule has 0 bridgehead atoms. The van der Waals surface area contributed by atoms with Gasteiger partial charge in [0.15, 0.2) is 0 Å². The van der Waals surface area contributed by atoms with Crippen molar-refractivity contribution >= 4 is 5.78 Å². The molecule has 2 heteroatoms. The highest BCUT2D eigenvalue weighted by atomic mass is 16.1. The standard InChI is InChI=1S/C11H15NO/c1-2-3-4-5-10-9(8-12)6-7-11(10)13/h4-5,9-10H,2-3,6-7H2,1H3. The lowest BCUT2D eigenvalue weighted by molar-refractivity contribution is -0.119. The molecule has 1 aliphatic carbocycles. The van der Waals surface area contributed by atoms with Gasteiger partial charge < -0.3 is 0 Å². The van der Waals surface area contributed by atoms with Gasteiger partial charge >= 0.3 is 0 Å². The number of Topliss-reactive ketones (excluding diaryl/α,β-unsaturated/α-hetero) is 1. The molecule has 0 amide bonds. The number of allylic oxidation sites excluding steroid dienone is 2. The van der Waals surface area contributed by atoms with Gasteiger partial charge in [0.1, 0.15) is 5.78 Å². The Morgan fingerprint density at radius 2 is 2.46 bits per heavy atom. The molecule has 0 heterocycles. The first-order chi connectivity index (χ1) is 6.29. The molecular weight excluding hydrogens is 162 g/mol. The number of ketones is 1. The van der Waals surface area contributed by atoms with Gasteiger partial charge in [-0.2, -0.15) is 5.26 Å². The summed E-state index contributed by atoms with van der Waals surface area (Å²) in [5.41, 5.74) is 0. The first kappa shape index (κ1) is 9.98. The van der Waals surface area contributed by atoms with E-state index in [9.17, 15) is 4.79 Å². The van der Waals surface area contributed by atoms with Crippen molar-refractivity contribution in [1.29, 1.82) is 5.26 Å². The SMILES string of the molecule is CCCC=CC1C(=O)CCC1C#N. The van der Waals surface area contributed by atoms with Crippen molar-refractivity contribution < 1.29 is 4.79 Å². The topological polar surface area (TPSA) is 40.9 Å². The van der Waals surface area contributed by atoms with E-state index in [2.05, 4.69) is 13.0 Å². The van der Waals surface area contributed by atoms with E-state index in [1.807, 2.05) is 12.2 Å². The van der Waals surface area contributed by atoms with Crippen LogP contribution in [-0.2, 0) is 4.79 Å². The summed E-state index contributed by atoms with van der Waals surface area (Å²) in [7, 11) is 0. The van der Waals surface area contributed by atoms with Crippen LogP contribution < -0.4 is 0 Å². The second-order valence-electron chi connectivity index (χ2n) is 3.48. The fourth-order valence-electron chi connectivity index (χ4n) is 1.66. The summed E-state index contributed by atoms with van der Waals surface area (Å²) in [4.78, 5) is 11.3. The molecule has 2 unspecified atom stereocenters. The third-order valence-corrected chi connectivity index (χ3v) is 2.47. The number of carbonyl (C=O) groups excluding carboxylic acids is 1. The molecule has 2 nitrogen and oxygen atoms in total. The molecule has 0 aromatic carbocycles. The van der Waals surface area contributed by atoms with Crippen LogP contribution in [0.2, 0.25) is 0 Å². The molecule has 1 rings (SSSR count). The Balaban J connectivity index is 2.55. The van der Waals surface area contributed by atoms with Gasteiger partial charge in [-0.25, -0.2) is 0 Å². The molecule has 2 atom stereocenters. The Morgan fingerprint density at radius 1 is 1.69 bits per heavy atom. The molecule has 0 aromatic rings. The molecule has 1 saturated carbocycles. The van der Waals surface area contributed by atoms with Crippen molar-refractivity contribution in [2.45, 2.75) is 32.6 Å². The van der Waals surface area contributed by atoms with E-state index >= 15 is 0 Å². The van der Waals surface area contributed by atoms with Crippen molar-refractivity contribution in [3.63, 3.8) is 0 Å². The third-order valence-electron chi connectivity index (χ3n) is 2.47. The van der Waals surface area contributed by atoms with Crippen LogP contribution in [0.4, 0.5) is 0 Å². The van der Waals surface area contributed by atoms with Crippen molar-refractivity contribution in [2.75, 3.05) is 0 Å². The molecule has 0 saturated heterocycles. The lowest BCUT2D eigenvalue weighted by atomic mass is 9.96. The van der Waals surface area contributed by atoms with Crippen LogP contribution in [-0.4, -0.2) is 5.78 Å². The number of hydrogen-bond acceptors (Lipinski definition) is 2. The molecule has 0 spiro atoms. The highest BCUT2D eigenvalue weighted by Gasteiger charge is 2.32. The zero-order chi connectivity index (χ0) is 9.68. The molecule has 0 radical (unpaired) electrons. The van der Waals surface area contributed by atoms with Gasteiger partial charge in [-0.3, -0.25) is 4.79 Å². The van der Waals surface area contributed by atoms with Crippen LogP contribution in [0.1, 0.15) is 32.6 Å². The summed E-state index contributed by atoms with van der Waals surface area (Å²) >= 11 is 0. The summed E-state index contributed by atoms with van der Waals surface area (Å²) in [6, 6.07) is 2.20. The van der Waals surface area contributed by atoms with E-state index in [1.54, 1.807) is 0 Å². The van der Waals surface area contributed by atoms with E-state index in [0.29, 0.717) is 6.42 Å². The lowest BCUT2D eigenvalue weighted by Gasteiger charge is -2.04. The number of hydrogen-bond donors (Lipinski definition) is 0. The van der Waals surface area contributed by atoms with Crippen LogP contribution in [0.25, 0.3) is 0 Å². The van der Waals surface area contributed by atoms with Gasteiger partial charge in [0.25, 0.3) is 0 Å². The van der Waals surface area contributed by atoms with Gasteiger partial charge in [-0.1, -0.05) is 25.5 Å². The average molecular weight is 177 g/mol. The summed E-state index contributed by atoms with van der Waals surface area (Å²) in [5.74, 6) is 0.0519. The zero-order valence-corrected chi connectivity index (χ0v) is 7.99. The van der Waals surface area contributed by atoms with Crippen molar-refractivity contribution in [2.24, 2.45) is 11.8 Å². The lowest BCUT2D eigenvalue weighted by Crippen LogP contribution is -2.10. The summed E-state index contributed by atoms with van der Waals surface area (Å²) in [6.07, 6.45) is 7.37. The van der Waals surface area contributed by atoms with Gasteiger partial charge in [0, 0.05) is 6.42 Å². The van der Waals surface area contributed by atoms with Gasteiger partial charge in [0.05, 0.1) is 17.9 Å². The zero-order valence-electron chi connectivity index (χ0n) is 7.99. The van der Waals surface area contributed by atoms with E-state index in [-0.39, 0.29) is 17.6 Å². The minimum Gasteiger partial charge on any atom is -0.299 e. The van der Waals surface area contributed by atoms with E-state index in [1.165, 1.54) is 0 Å². The molecule has 70 valence electrons. The molecule has 0 aliphatic heterocycles. The number of carbonyl (C=O) groups is 1. The van der Waals surface area contributed by atoms with Crippen molar-refractivity contribution in [3.8, 4) is 6.07 Å². The highest BCUT2D eigenvalue weighted by molar-refractivity contribution is 5.85. The first-order valence-electron chi connectivity index (χ1n) is 4.88. The second kappa shape index (κ2) is 4.81. The summed E-state index contributed by atoms with van der Waals surface area (Å²) in [5, 5.41) is 8.77. The third kappa shape index (κ3) is 2.42. The number of nitrogens with zero attached hydrogens (tertiary/aromatic N) is 1. The summed E-state index contributed by atoms with van der Waals surface area (Å²) < 4.78 is 0. The summed E-state index contributed by atoms with van der Waals surface area (Å²) in [6.45, 7) is 2.10. The van der Waals surface area contributed by atoms with Crippen LogP contribution in [0.5, 0.6) is 0 Å². The van der Waals surface area contributed by atoms with Crippen molar-refractivity contribution in [3.05, 3.63) is 12.2 Å². The minimum atomic E-state index is -0.114. The predicted octanol–water partition coefficient (Wildman–Crippen LogP) is 2.46. The highest BCUT2D eigenvalue weighted by Crippen LogP contribution is 2.29. The maximum Gasteiger partial charge on any atom is 0.141 e. The number of rotatable bonds is 3. The second-order valence-corrected chi connectivity index (χ2v) is 3.48. The Bertz CT molecular complexity index is 249. The van der Waals surface area contributed by atoms with Gasteiger partial charge in [-0.15, -0.1) is 0 Å². The minimum absolute atomic E-state index is 0.0689. The van der Waals surface area contributed by atoms with E-state index in [0.717, 1.165) is 19.3 Å². The van der Waals surface area contributed by atoms with Crippen LogP contribution in [0.3, 0.4) is 0 Å². The molecular formula is C11H15NO. The molecule has 13 heavy (non-hydrogen) atoms. The fraction of sp³-hybridized carbons (Fsp3) is 0.636. The van der Waals surface area contributed by atoms with Crippen molar-refractivity contribution in [1.82, 2.24) is 0 Å². The van der Waals surface area contributed by atoms with Crippen LogP contribution >= 0.6 is 0 Å². The maximum atomic E-state index is 11.3. The number of nitriles is 1. The van der Waals surface area contributed by atoms with E-state index < -0.39 is 0 Å². The van der Waals surface area contributed by atoms with Gasteiger partial charge in [0.2, 0.25) is 0 Å². The molecule has 0 N–H and O–H groups in total. The Kier molecular flexibility index (Phi) is 3.70. The molecule has 0 aromatic heterocycles. The normalized spacial score (nSPS) is 28.2.